The van der Waals surface area contributed by atoms with Crippen LogP contribution in [0.25, 0.3) is 11.3 Å². The average molecular weight is 194 g/mol. The van der Waals surface area contributed by atoms with Gasteiger partial charge in [-0.2, -0.15) is 0 Å². The summed E-state index contributed by atoms with van der Waals surface area (Å²) in [7, 11) is 1.68. The number of hydrogen-bond donors (Lipinski definition) is 1. The zero-order valence-corrected chi connectivity index (χ0v) is 8.10. The maximum atomic E-state index is 5.00. The molecule has 0 spiro atoms. The normalized spacial score (nSPS) is 10.5. The molecule has 0 bridgehead atoms. The fourth-order valence-corrected chi connectivity index (χ4v) is 1.89. The molecule has 0 aliphatic carbocycles. The molecule has 2 rings (SSSR count). The largest absolute Gasteiger partial charge is 0.378 e. The molecule has 68 valence electrons. The average Bonchev–Trinajstić information content (AvgIpc) is 2.70. The number of rotatable bonds is 3. The topological polar surface area (TPSA) is 37.9 Å². The van der Waals surface area contributed by atoms with Crippen LogP contribution >= 0.6 is 11.3 Å². The Morgan fingerprint density at radius 3 is 3.23 bits per heavy atom. The van der Waals surface area contributed by atoms with E-state index in [1.165, 1.54) is 0 Å². The van der Waals surface area contributed by atoms with Crippen LogP contribution in [0.1, 0.15) is 5.01 Å². The third-order valence-corrected chi connectivity index (χ3v) is 2.54. The molecular weight excluding hydrogens is 184 g/mol. The Morgan fingerprint density at radius 1 is 1.62 bits per heavy atom. The minimum absolute atomic E-state index is 0.592. The summed E-state index contributed by atoms with van der Waals surface area (Å²) < 4.78 is 5.00. The lowest BCUT2D eigenvalue weighted by atomic mass is 10.3. The zero-order valence-electron chi connectivity index (χ0n) is 7.28. The molecule has 3 nitrogen and oxygen atoms in total. The number of methoxy groups -OCH3 is 1. The summed E-state index contributed by atoms with van der Waals surface area (Å²) >= 11 is 1.62. The van der Waals surface area contributed by atoms with Crippen molar-refractivity contribution in [1.29, 1.82) is 0 Å². The molecule has 2 aromatic heterocycles. The Balaban J connectivity index is 2.23. The summed E-state index contributed by atoms with van der Waals surface area (Å²) in [5.41, 5.74) is 2.14. The van der Waals surface area contributed by atoms with Gasteiger partial charge in [0.2, 0.25) is 0 Å². The molecular formula is C9H10N2OS. The highest BCUT2D eigenvalue weighted by molar-refractivity contribution is 7.09. The molecule has 0 radical (unpaired) electrons. The molecule has 2 aromatic rings. The van der Waals surface area contributed by atoms with Crippen LogP contribution in [-0.4, -0.2) is 17.1 Å². The molecule has 0 unspecified atom stereocenters. The Hall–Kier alpha value is -1.13. The zero-order chi connectivity index (χ0) is 9.10. The molecule has 0 fully saturated rings. The van der Waals surface area contributed by atoms with Gasteiger partial charge in [0.1, 0.15) is 5.01 Å². The third kappa shape index (κ3) is 1.79. The molecule has 0 saturated heterocycles. The Labute approximate surface area is 80.4 Å². The standard InChI is InChI=1S/C9H10N2OS/c1-12-5-9-11-8(6-13-9)7-2-3-10-4-7/h2-4,6,10H,5H2,1H3. The molecule has 4 heteroatoms. The van der Waals surface area contributed by atoms with E-state index in [0.29, 0.717) is 6.61 Å². The van der Waals surface area contributed by atoms with Crippen molar-refractivity contribution in [2.45, 2.75) is 6.61 Å². The van der Waals surface area contributed by atoms with Crippen molar-refractivity contribution in [3.63, 3.8) is 0 Å². The van der Waals surface area contributed by atoms with Crippen molar-refractivity contribution in [2.24, 2.45) is 0 Å². The lowest BCUT2D eigenvalue weighted by Gasteiger charge is -1.90. The van der Waals surface area contributed by atoms with Gasteiger partial charge in [-0.1, -0.05) is 0 Å². The number of aromatic nitrogens is 2. The van der Waals surface area contributed by atoms with Gasteiger partial charge in [-0.05, 0) is 6.07 Å². The summed E-state index contributed by atoms with van der Waals surface area (Å²) in [4.78, 5) is 7.42. The Morgan fingerprint density at radius 2 is 2.54 bits per heavy atom. The molecule has 1 N–H and O–H groups in total. The smallest absolute Gasteiger partial charge is 0.119 e. The first-order valence-corrected chi connectivity index (χ1v) is 4.84. The van der Waals surface area contributed by atoms with Gasteiger partial charge >= 0.3 is 0 Å². The number of aromatic amines is 1. The van der Waals surface area contributed by atoms with Crippen molar-refractivity contribution in [3.05, 3.63) is 28.8 Å². The summed E-state index contributed by atoms with van der Waals surface area (Å²) in [6.45, 7) is 0.592. The van der Waals surface area contributed by atoms with Crippen LogP contribution in [-0.2, 0) is 11.3 Å². The van der Waals surface area contributed by atoms with Crippen LogP contribution in [0.3, 0.4) is 0 Å². The first kappa shape index (κ1) is 8.47. The van der Waals surface area contributed by atoms with Gasteiger partial charge in [0.25, 0.3) is 0 Å². The van der Waals surface area contributed by atoms with E-state index >= 15 is 0 Å². The summed E-state index contributed by atoms with van der Waals surface area (Å²) in [5, 5.41) is 3.05. The lowest BCUT2D eigenvalue weighted by Crippen LogP contribution is -1.85. The van der Waals surface area contributed by atoms with Crippen molar-refractivity contribution in [1.82, 2.24) is 9.97 Å². The number of nitrogens with one attached hydrogen (secondary N) is 1. The van der Waals surface area contributed by atoms with E-state index in [-0.39, 0.29) is 0 Å². The first-order chi connectivity index (χ1) is 6.40. The van der Waals surface area contributed by atoms with Gasteiger partial charge in [0.05, 0.1) is 12.3 Å². The molecule has 0 atom stereocenters. The highest BCUT2D eigenvalue weighted by Gasteiger charge is 2.03. The number of hydrogen-bond acceptors (Lipinski definition) is 3. The van der Waals surface area contributed by atoms with E-state index in [4.69, 9.17) is 4.74 Å². The van der Waals surface area contributed by atoms with Crippen LogP contribution in [0.15, 0.2) is 23.8 Å². The van der Waals surface area contributed by atoms with Gasteiger partial charge in [-0.25, -0.2) is 4.98 Å². The molecule has 0 aliphatic heterocycles. The summed E-state index contributed by atoms with van der Waals surface area (Å²) in [6.07, 6.45) is 3.83. The van der Waals surface area contributed by atoms with Crippen LogP contribution in [0.4, 0.5) is 0 Å². The molecule has 0 aliphatic rings. The van der Waals surface area contributed by atoms with E-state index < -0.39 is 0 Å². The van der Waals surface area contributed by atoms with Gasteiger partial charge in [0.15, 0.2) is 0 Å². The van der Waals surface area contributed by atoms with Gasteiger partial charge in [-0.15, -0.1) is 11.3 Å². The molecule has 0 saturated carbocycles. The molecule has 0 aromatic carbocycles. The van der Waals surface area contributed by atoms with E-state index in [1.54, 1.807) is 18.4 Å². The maximum Gasteiger partial charge on any atom is 0.119 e. The quantitative estimate of drug-likeness (QED) is 0.814. The van der Waals surface area contributed by atoms with Gasteiger partial charge < -0.3 is 9.72 Å². The Kier molecular flexibility index (Phi) is 2.42. The molecule has 2 heterocycles. The predicted molar refractivity (Wildman–Crippen MR) is 52.6 cm³/mol. The van der Waals surface area contributed by atoms with Crippen molar-refractivity contribution in [2.75, 3.05) is 7.11 Å². The fourth-order valence-electron chi connectivity index (χ4n) is 1.12. The van der Waals surface area contributed by atoms with E-state index in [9.17, 15) is 0 Å². The van der Waals surface area contributed by atoms with Crippen molar-refractivity contribution in [3.8, 4) is 11.3 Å². The maximum absolute atomic E-state index is 5.00. The third-order valence-electron chi connectivity index (χ3n) is 1.71. The van der Waals surface area contributed by atoms with Crippen LogP contribution in [0.2, 0.25) is 0 Å². The SMILES string of the molecule is COCc1nc(-c2cc[nH]c2)cs1. The summed E-state index contributed by atoms with van der Waals surface area (Å²) in [6, 6.07) is 2.01. The van der Waals surface area contributed by atoms with Crippen molar-refractivity contribution >= 4 is 11.3 Å². The lowest BCUT2D eigenvalue weighted by molar-refractivity contribution is 0.184. The minimum atomic E-state index is 0.592. The second-order valence-corrected chi connectivity index (χ2v) is 3.60. The van der Waals surface area contributed by atoms with Crippen LogP contribution in [0.5, 0.6) is 0 Å². The number of nitrogens with zero attached hydrogens (tertiary/aromatic N) is 1. The highest BCUT2D eigenvalue weighted by Crippen LogP contribution is 2.21. The van der Waals surface area contributed by atoms with E-state index in [2.05, 4.69) is 9.97 Å². The van der Waals surface area contributed by atoms with E-state index in [1.807, 2.05) is 23.8 Å². The van der Waals surface area contributed by atoms with E-state index in [0.717, 1.165) is 16.3 Å². The first-order valence-electron chi connectivity index (χ1n) is 3.96. The summed E-state index contributed by atoms with van der Waals surface area (Å²) in [5.74, 6) is 0. The monoisotopic (exact) mass is 194 g/mol. The predicted octanol–water partition coefficient (Wildman–Crippen LogP) is 2.28. The number of ether oxygens (including phenoxy) is 1. The van der Waals surface area contributed by atoms with Crippen molar-refractivity contribution < 1.29 is 4.74 Å². The minimum Gasteiger partial charge on any atom is -0.378 e. The molecule has 13 heavy (non-hydrogen) atoms. The van der Waals surface area contributed by atoms with Gasteiger partial charge in [-0.3, -0.25) is 0 Å². The van der Waals surface area contributed by atoms with Crippen LogP contribution < -0.4 is 0 Å². The van der Waals surface area contributed by atoms with Gasteiger partial charge in [0, 0.05) is 30.4 Å². The Bertz CT molecular complexity index is 367. The highest BCUT2D eigenvalue weighted by atomic mass is 32.1. The second kappa shape index (κ2) is 3.72. The van der Waals surface area contributed by atoms with Crippen LogP contribution in [0, 0.1) is 0 Å². The molecule has 0 amide bonds. The fraction of sp³-hybridized carbons (Fsp3) is 0.222. The number of thiazole rings is 1. The second-order valence-electron chi connectivity index (χ2n) is 2.66. The number of H-pyrrole nitrogens is 1.